The van der Waals surface area contributed by atoms with Crippen LogP contribution < -0.4 is 5.32 Å². The third kappa shape index (κ3) is 3.35. The van der Waals surface area contributed by atoms with Crippen LogP contribution >= 0.6 is 0 Å². The summed E-state index contributed by atoms with van der Waals surface area (Å²) >= 11 is 0. The number of piperidine rings is 1. The molecule has 0 aromatic heterocycles. The summed E-state index contributed by atoms with van der Waals surface area (Å²) in [5.74, 6) is 0.274. The van der Waals surface area contributed by atoms with Gasteiger partial charge in [-0.3, -0.25) is 4.79 Å². The molecule has 0 saturated carbocycles. The molecule has 0 aliphatic carbocycles. The van der Waals surface area contributed by atoms with Crippen molar-refractivity contribution >= 4 is 5.91 Å². The smallest absolute Gasteiger partial charge is 0.228 e. The maximum Gasteiger partial charge on any atom is 0.228 e. The fourth-order valence-corrected chi connectivity index (χ4v) is 2.81. The van der Waals surface area contributed by atoms with Crippen LogP contribution in [0.15, 0.2) is 24.3 Å². The summed E-state index contributed by atoms with van der Waals surface area (Å²) in [5.41, 5.74) is 2.25. The summed E-state index contributed by atoms with van der Waals surface area (Å²) in [5, 5.41) is 3.32. The van der Waals surface area contributed by atoms with Crippen molar-refractivity contribution in [1.29, 1.82) is 0 Å². The normalized spacial score (nSPS) is 18.1. The van der Waals surface area contributed by atoms with Gasteiger partial charge in [-0.25, -0.2) is 0 Å². The minimum absolute atomic E-state index is 0.191. The molecule has 0 atom stereocenters. The summed E-state index contributed by atoms with van der Waals surface area (Å²) in [7, 11) is 1.91. The number of nitrogens with one attached hydrogen (secondary N) is 1. The van der Waals surface area contributed by atoms with Crippen molar-refractivity contribution in [3.8, 4) is 0 Å². The van der Waals surface area contributed by atoms with Crippen LogP contribution in [0.1, 0.15) is 30.9 Å². The molecule has 0 unspecified atom stereocenters. The largest absolute Gasteiger partial charge is 0.341 e. The minimum Gasteiger partial charge on any atom is -0.341 e. The van der Waals surface area contributed by atoms with Crippen LogP contribution in [0.4, 0.5) is 0 Å². The van der Waals surface area contributed by atoms with E-state index in [2.05, 4.69) is 43.4 Å². The minimum atomic E-state index is -0.191. The van der Waals surface area contributed by atoms with Crippen LogP contribution in [-0.2, 0) is 11.3 Å². The zero-order valence-electron chi connectivity index (χ0n) is 12.2. The monoisotopic (exact) mass is 260 g/mol. The molecule has 1 N–H and O–H groups in total. The summed E-state index contributed by atoms with van der Waals surface area (Å²) < 4.78 is 0. The van der Waals surface area contributed by atoms with Gasteiger partial charge in [0.1, 0.15) is 0 Å². The second-order valence-electron chi connectivity index (χ2n) is 5.96. The maximum atomic E-state index is 12.6. The van der Waals surface area contributed by atoms with Gasteiger partial charge in [0.05, 0.1) is 0 Å². The molecule has 1 saturated heterocycles. The van der Waals surface area contributed by atoms with Gasteiger partial charge in [0.15, 0.2) is 0 Å². The van der Waals surface area contributed by atoms with Gasteiger partial charge >= 0.3 is 0 Å². The molecule has 0 bridgehead atoms. The molecule has 1 aliphatic rings. The van der Waals surface area contributed by atoms with Crippen molar-refractivity contribution in [2.75, 3.05) is 20.1 Å². The first-order valence-corrected chi connectivity index (χ1v) is 7.03. The zero-order chi connectivity index (χ0) is 13.9. The summed E-state index contributed by atoms with van der Waals surface area (Å²) in [6, 6.07) is 8.37. The van der Waals surface area contributed by atoms with Crippen LogP contribution in [0.5, 0.6) is 0 Å². The molecule has 19 heavy (non-hydrogen) atoms. The fourth-order valence-electron chi connectivity index (χ4n) is 2.81. The van der Waals surface area contributed by atoms with E-state index in [0.717, 1.165) is 25.9 Å². The lowest BCUT2D eigenvalue weighted by Gasteiger charge is -2.36. The van der Waals surface area contributed by atoms with E-state index in [0.29, 0.717) is 6.54 Å². The maximum absolute atomic E-state index is 12.6. The van der Waals surface area contributed by atoms with Gasteiger partial charge in [0.25, 0.3) is 0 Å². The van der Waals surface area contributed by atoms with Gasteiger partial charge in [-0.1, -0.05) is 36.8 Å². The summed E-state index contributed by atoms with van der Waals surface area (Å²) in [6.07, 6.45) is 1.87. The Bertz CT molecular complexity index is 450. The van der Waals surface area contributed by atoms with Crippen molar-refractivity contribution in [2.24, 2.45) is 5.41 Å². The van der Waals surface area contributed by atoms with E-state index in [9.17, 15) is 4.79 Å². The molecule has 3 heteroatoms. The van der Waals surface area contributed by atoms with Crippen LogP contribution in [0.2, 0.25) is 0 Å². The van der Waals surface area contributed by atoms with Gasteiger partial charge in [0, 0.05) is 19.0 Å². The fraction of sp³-hybridized carbons (Fsp3) is 0.562. The third-order valence-electron chi connectivity index (χ3n) is 4.07. The number of carbonyl (C=O) groups is 1. The number of nitrogens with zero attached hydrogens (tertiary/aromatic N) is 1. The molecule has 104 valence electrons. The molecule has 3 nitrogen and oxygen atoms in total. The average Bonchev–Trinajstić information content (AvgIpc) is 2.38. The lowest BCUT2D eigenvalue weighted by Crippen LogP contribution is -2.46. The van der Waals surface area contributed by atoms with Gasteiger partial charge in [-0.2, -0.15) is 0 Å². The van der Waals surface area contributed by atoms with E-state index < -0.39 is 0 Å². The number of aryl methyl sites for hydroxylation is 1. The predicted molar refractivity (Wildman–Crippen MR) is 77.9 cm³/mol. The Morgan fingerprint density at radius 3 is 2.68 bits per heavy atom. The molecule has 2 rings (SSSR count). The number of rotatable bonds is 3. The number of benzene rings is 1. The van der Waals surface area contributed by atoms with E-state index in [1.54, 1.807) is 0 Å². The van der Waals surface area contributed by atoms with Crippen molar-refractivity contribution in [1.82, 2.24) is 10.2 Å². The number of carbonyl (C=O) groups excluding carboxylic acids is 1. The Morgan fingerprint density at radius 1 is 1.37 bits per heavy atom. The molecule has 1 heterocycles. The van der Waals surface area contributed by atoms with Gasteiger partial charge in [-0.05, 0) is 38.4 Å². The zero-order valence-corrected chi connectivity index (χ0v) is 12.2. The van der Waals surface area contributed by atoms with Crippen molar-refractivity contribution < 1.29 is 4.79 Å². The van der Waals surface area contributed by atoms with Crippen LogP contribution in [0.3, 0.4) is 0 Å². The lowest BCUT2D eigenvalue weighted by molar-refractivity contribution is -0.141. The number of hydrogen-bond donors (Lipinski definition) is 1. The van der Waals surface area contributed by atoms with Gasteiger partial charge in [-0.15, -0.1) is 0 Å². The molecular weight excluding hydrogens is 236 g/mol. The van der Waals surface area contributed by atoms with Crippen LogP contribution in [0.25, 0.3) is 0 Å². The highest BCUT2D eigenvalue weighted by atomic mass is 16.2. The molecule has 0 radical (unpaired) electrons. The second-order valence-corrected chi connectivity index (χ2v) is 5.96. The third-order valence-corrected chi connectivity index (χ3v) is 4.07. The molecule has 0 spiro atoms. The van der Waals surface area contributed by atoms with E-state index in [4.69, 9.17) is 0 Å². The topological polar surface area (TPSA) is 32.3 Å². The molecular formula is C16H24N2O. The Balaban J connectivity index is 2.03. The molecule has 1 aliphatic heterocycles. The summed E-state index contributed by atoms with van der Waals surface area (Å²) in [6.45, 7) is 6.77. The first kappa shape index (κ1) is 14.1. The van der Waals surface area contributed by atoms with Crippen molar-refractivity contribution in [3.63, 3.8) is 0 Å². The quantitative estimate of drug-likeness (QED) is 0.904. The molecule has 1 aromatic rings. The van der Waals surface area contributed by atoms with Crippen molar-refractivity contribution in [2.45, 2.75) is 33.2 Å². The SMILES string of the molecule is Cc1cccc(CN(C)C(=O)C2(C)CCNCC2)c1. The van der Waals surface area contributed by atoms with Gasteiger partial charge < -0.3 is 10.2 Å². The summed E-state index contributed by atoms with van der Waals surface area (Å²) in [4.78, 5) is 14.5. The first-order valence-electron chi connectivity index (χ1n) is 7.03. The van der Waals surface area contributed by atoms with E-state index in [-0.39, 0.29) is 11.3 Å². The Morgan fingerprint density at radius 2 is 2.05 bits per heavy atom. The van der Waals surface area contributed by atoms with Crippen molar-refractivity contribution in [3.05, 3.63) is 35.4 Å². The van der Waals surface area contributed by atoms with Crippen LogP contribution in [0, 0.1) is 12.3 Å². The predicted octanol–water partition coefficient (Wildman–Crippen LogP) is 2.34. The Hall–Kier alpha value is -1.35. The van der Waals surface area contributed by atoms with E-state index in [1.807, 2.05) is 11.9 Å². The molecule has 1 fully saturated rings. The number of hydrogen-bond acceptors (Lipinski definition) is 2. The highest BCUT2D eigenvalue weighted by Crippen LogP contribution is 2.30. The highest BCUT2D eigenvalue weighted by molar-refractivity contribution is 5.82. The highest BCUT2D eigenvalue weighted by Gasteiger charge is 2.36. The molecule has 1 aromatic carbocycles. The van der Waals surface area contributed by atoms with Crippen LogP contribution in [-0.4, -0.2) is 30.9 Å². The Labute approximate surface area is 116 Å². The second kappa shape index (κ2) is 5.74. The van der Waals surface area contributed by atoms with Gasteiger partial charge in [0.2, 0.25) is 5.91 Å². The number of amides is 1. The van der Waals surface area contributed by atoms with E-state index >= 15 is 0 Å². The Kier molecular flexibility index (Phi) is 4.25. The lowest BCUT2D eigenvalue weighted by atomic mass is 9.79. The molecule has 1 amide bonds. The standard InChI is InChI=1S/C16H24N2O/c1-13-5-4-6-14(11-13)12-18(3)15(19)16(2)7-9-17-10-8-16/h4-6,11,17H,7-10,12H2,1-3H3. The first-order chi connectivity index (χ1) is 9.01. The average molecular weight is 260 g/mol. The van der Waals surface area contributed by atoms with E-state index in [1.165, 1.54) is 11.1 Å².